The molecule has 1 N–H and O–H groups in total. The summed E-state index contributed by atoms with van der Waals surface area (Å²) in [6.07, 6.45) is 1.09. The van der Waals surface area contributed by atoms with Crippen molar-refractivity contribution in [2.24, 2.45) is 0 Å². The zero-order valence-corrected chi connectivity index (χ0v) is 14.1. The molecule has 96 valence electrons. The van der Waals surface area contributed by atoms with Crippen molar-refractivity contribution in [3.8, 4) is 0 Å². The summed E-state index contributed by atoms with van der Waals surface area (Å²) in [5.41, 5.74) is 0.796. The maximum atomic E-state index is 10.2. The van der Waals surface area contributed by atoms with Gasteiger partial charge in [-0.15, -0.1) is 0 Å². The summed E-state index contributed by atoms with van der Waals surface area (Å²) in [5.74, 6) is 0. The van der Waals surface area contributed by atoms with Gasteiger partial charge in [-0.3, -0.25) is 0 Å². The Morgan fingerprint density at radius 3 is 2.71 bits per heavy atom. The van der Waals surface area contributed by atoms with Crippen molar-refractivity contribution in [1.82, 2.24) is 0 Å². The fourth-order valence-corrected chi connectivity index (χ4v) is 2.59. The number of rotatable bonds is 5. The van der Waals surface area contributed by atoms with E-state index in [1.54, 1.807) is 7.11 Å². The Kier molecular flexibility index (Phi) is 5.89. The van der Waals surface area contributed by atoms with E-state index in [0.29, 0.717) is 6.42 Å². The molecule has 0 aromatic heterocycles. The lowest BCUT2D eigenvalue weighted by Crippen LogP contribution is -2.23. The fraction of sp³-hybridized carbons (Fsp3) is 0.538. The van der Waals surface area contributed by atoms with E-state index in [1.807, 2.05) is 32.0 Å². The molecule has 0 aliphatic heterocycles. The molecule has 0 saturated heterocycles. The Morgan fingerprint density at radius 2 is 2.12 bits per heavy atom. The van der Waals surface area contributed by atoms with Crippen LogP contribution in [0.25, 0.3) is 0 Å². The van der Waals surface area contributed by atoms with Crippen molar-refractivity contribution >= 4 is 38.5 Å². The van der Waals surface area contributed by atoms with Gasteiger partial charge in [-0.2, -0.15) is 0 Å². The minimum Gasteiger partial charge on any atom is -0.388 e. The van der Waals surface area contributed by atoms with Crippen LogP contribution in [0.3, 0.4) is 0 Å². The van der Waals surface area contributed by atoms with Gasteiger partial charge in [-0.05, 0) is 73.0 Å². The molecule has 2 nitrogen and oxygen atoms in total. The van der Waals surface area contributed by atoms with E-state index in [0.717, 1.165) is 20.0 Å². The van der Waals surface area contributed by atoms with E-state index in [2.05, 4.69) is 38.5 Å². The fourth-order valence-electron chi connectivity index (χ4n) is 1.51. The molecule has 0 heterocycles. The number of methoxy groups -OCH3 is 1. The molecule has 17 heavy (non-hydrogen) atoms. The maximum absolute atomic E-state index is 10.2. The summed E-state index contributed by atoms with van der Waals surface area (Å²) in [7, 11) is 1.70. The monoisotopic (exact) mass is 412 g/mol. The lowest BCUT2D eigenvalue weighted by atomic mass is 9.97. The van der Waals surface area contributed by atoms with Crippen LogP contribution in [0.5, 0.6) is 0 Å². The molecule has 0 fully saturated rings. The van der Waals surface area contributed by atoms with Crippen molar-refractivity contribution in [3.05, 3.63) is 31.8 Å². The zero-order chi connectivity index (χ0) is 13.1. The molecule has 1 aromatic rings. The highest BCUT2D eigenvalue weighted by atomic mass is 127. The van der Waals surface area contributed by atoms with Gasteiger partial charge in [-0.25, -0.2) is 0 Å². The Balaban J connectivity index is 2.70. The Bertz CT molecular complexity index is 380. The third kappa shape index (κ3) is 4.85. The lowest BCUT2D eigenvalue weighted by Gasteiger charge is -2.24. The molecule has 1 atom stereocenters. The zero-order valence-electron chi connectivity index (χ0n) is 10.3. The molecule has 0 radical (unpaired) electrons. The Hall–Kier alpha value is 0.350. The molecule has 1 unspecified atom stereocenters. The van der Waals surface area contributed by atoms with Crippen LogP contribution in [0.1, 0.15) is 38.4 Å². The predicted octanol–water partition coefficient (Wildman–Crippen LogP) is 4.29. The minimum atomic E-state index is -0.436. The van der Waals surface area contributed by atoms with E-state index in [-0.39, 0.29) is 5.60 Å². The van der Waals surface area contributed by atoms with Crippen molar-refractivity contribution in [2.75, 3.05) is 7.11 Å². The van der Waals surface area contributed by atoms with Crippen LogP contribution in [-0.2, 0) is 4.74 Å². The first kappa shape index (κ1) is 15.4. The van der Waals surface area contributed by atoms with Gasteiger partial charge < -0.3 is 9.84 Å². The first-order valence-electron chi connectivity index (χ1n) is 5.54. The third-order valence-electron chi connectivity index (χ3n) is 2.89. The maximum Gasteiger partial charge on any atom is 0.0801 e. The van der Waals surface area contributed by atoms with Gasteiger partial charge in [0, 0.05) is 15.2 Å². The molecule has 1 rings (SSSR count). The molecule has 0 aliphatic carbocycles. The summed E-state index contributed by atoms with van der Waals surface area (Å²) >= 11 is 5.68. The van der Waals surface area contributed by atoms with Crippen LogP contribution in [0.15, 0.2) is 22.7 Å². The number of halogens is 2. The number of aliphatic hydroxyl groups is 1. The molecule has 0 bridgehead atoms. The van der Waals surface area contributed by atoms with Crippen molar-refractivity contribution in [2.45, 2.75) is 38.4 Å². The first-order chi connectivity index (χ1) is 7.85. The average Bonchev–Trinajstić information content (AvgIpc) is 2.29. The number of hydrogen-bond acceptors (Lipinski definition) is 2. The SMILES string of the molecule is COC(C)(C)CCC(O)c1cc(Br)ccc1I. The van der Waals surface area contributed by atoms with Gasteiger partial charge in [0.15, 0.2) is 0 Å². The molecule has 0 aliphatic rings. The summed E-state index contributed by atoms with van der Waals surface area (Å²) < 4.78 is 7.44. The molecule has 0 saturated carbocycles. The average molecular weight is 413 g/mol. The summed E-state index contributed by atoms with van der Waals surface area (Å²) in [4.78, 5) is 0. The van der Waals surface area contributed by atoms with Crippen LogP contribution in [0.4, 0.5) is 0 Å². The van der Waals surface area contributed by atoms with Gasteiger partial charge in [0.1, 0.15) is 0 Å². The van der Waals surface area contributed by atoms with E-state index < -0.39 is 6.10 Å². The highest BCUT2D eigenvalue weighted by Gasteiger charge is 2.20. The number of hydrogen-bond donors (Lipinski definition) is 1. The molecular formula is C13H18BrIO2. The number of aliphatic hydroxyl groups excluding tert-OH is 1. The van der Waals surface area contributed by atoms with Crippen LogP contribution < -0.4 is 0 Å². The standard InChI is InChI=1S/C13H18BrIO2/c1-13(2,17-3)7-6-12(16)10-8-9(14)4-5-11(10)15/h4-5,8,12,16H,6-7H2,1-3H3. The second-order valence-electron chi connectivity index (χ2n) is 4.68. The third-order valence-corrected chi connectivity index (χ3v) is 4.37. The smallest absolute Gasteiger partial charge is 0.0801 e. The molecular weight excluding hydrogens is 395 g/mol. The van der Waals surface area contributed by atoms with Gasteiger partial charge in [-0.1, -0.05) is 15.9 Å². The summed E-state index contributed by atoms with van der Waals surface area (Å²) in [5, 5.41) is 10.2. The largest absolute Gasteiger partial charge is 0.388 e. The van der Waals surface area contributed by atoms with E-state index >= 15 is 0 Å². The number of benzene rings is 1. The second kappa shape index (κ2) is 6.50. The Morgan fingerprint density at radius 1 is 1.47 bits per heavy atom. The van der Waals surface area contributed by atoms with Crippen molar-refractivity contribution < 1.29 is 9.84 Å². The quantitative estimate of drug-likeness (QED) is 0.731. The van der Waals surface area contributed by atoms with E-state index in [1.165, 1.54) is 0 Å². The van der Waals surface area contributed by atoms with Crippen LogP contribution in [0, 0.1) is 3.57 Å². The predicted molar refractivity (Wildman–Crippen MR) is 82.1 cm³/mol. The highest BCUT2D eigenvalue weighted by molar-refractivity contribution is 14.1. The van der Waals surface area contributed by atoms with Crippen LogP contribution in [0.2, 0.25) is 0 Å². The minimum absolute atomic E-state index is 0.182. The first-order valence-corrected chi connectivity index (χ1v) is 7.41. The number of ether oxygens (including phenoxy) is 1. The van der Waals surface area contributed by atoms with Crippen LogP contribution in [-0.4, -0.2) is 17.8 Å². The molecule has 0 spiro atoms. The van der Waals surface area contributed by atoms with Gasteiger partial charge in [0.25, 0.3) is 0 Å². The summed E-state index contributed by atoms with van der Waals surface area (Å²) in [6.45, 7) is 4.07. The molecule has 1 aromatic carbocycles. The molecule has 0 amide bonds. The van der Waals surface area contributed by atoms with Gasteiger partial charge in [0.2, 0.25) is 0 Å². The normalized spacial score (nSPS) is 13.8. The van der Waals surface area contributed by atoms with E-state index in [4.69, 9.17) is 4.74 Å². The van der Waals surface area contributed by atoms with Gasteiger partial charge >= 0.3 is 0 Å². The molecule has 4 heteroatoms. The second-order valence-corrected chi connectivity index (χ2v) is 6.76. The summed E-state index contributed by atoms with van der Waals surface area (Å²) in [6, 6.07) is 5.97. The Labute approximate surface area is 125 Å². The topological polar surface area (TPSA) is 29.5 Å². The van der Waals surface area contributed by atoms with Gasteiger partial charge in [0.05, 0.1) is 11.7 Å². The lowest BCUT2D eigenvalue weighted by molar-refractivity contribution is 0.00271. The van der Waals surface area contributed by atoms with Crippen molar-refractivity contribution in [3.63, 3.8) is 0 Å². The van der Waals surface area contributed by atoms with E-state index in [9.17, 15) is 5.11 Å². The highest BCUT2D eigenvalue weighted by Crippen LogP contribution is 2.29. The van der Waals surface area contributed by atoms with Crippen LogP contribution >= 0.6 is 38.5 Å². The van der Waals surface area contributed by atoms with Crippen molar-refractivity contribution in [1.29, 1.82) is 0 Å².